The van der Waals surface area contributed by atoms with Crippen LogP contribution < -0.4 is 5.32 Å². The van der Waals surface area contributed by atoms with Gasteiger partial charge in [-0.1, -0.05) is 12.1 Å². The van der Waals surface area contributed by atoms with E-state index >= 15 is 0 Å². The van der Waals surface area contributed by atoms with E-state index in [0.29, 0.717) is 24.3 Å². The van der Waals surface area contributed by atoms with Crippen molar-refractivity contribution in [3.63, 3.8) is 0 Å². The van der Waals surface area contributed by atoms with Crippen molar-refractivity contribution in [3.8, 4) is 0 Å². The molecule has 2 N–H and O–H groups in total. The van der Waals surface area contributed by atoms with Crippen molar-refractivity contribution in [2.45, 2.75) is 24.9 Å². The summed E-state index contributed by atoms with van der Waals surface area (Å²) < 4.78 is 79.6. The predicted octanol–water partition coefficient (Wildman–Crippen LogP) is 2.50. The largest absolute Gasteiger partial charge is 0.471 e. The number of nitrogens with one attached hydrogen (secondary N) is 1. The molecule has 0 heterocycles. The predicted molar refractivity (Wildman–Crippen MR) is 67.7 cm³/mol. The van der Waals surface area contributed by atoms with Gasteiger partial charge in [0.15, 0.2) is 0 Å². The molecule has 0 aliphatic heterocycles. The highest BCUT2D eigenvalue weighted by atomic mass is 19.4. The minimum absolute atomic E-state index is 0.434. The van der Waals surface area contributed by atoms with Gasteiger partial charge in [0.2, 0.25) is 0 Å². The molecule has 0 aliphatic carbocycles. The average molecular weight is 359 g/mol. The number of halogens is 6. The van der Waals surface area contributed by atoms with E-state index < -0.39 is 47.7 Å². The lowest BCUT2D eigenvalue weighted by Crippen LogP contribution is -2.50. The number of esters is 1. The van der Waals surface area contributed by atoms with Crippen LogP contribution in [0.2, 0.25) is 0 Å². The van der Waals surface area contributed by atoms with Gasteiger partial charge in [-0.2, -0.15) is 26.3 Å². The van der Waals surface area contributed by atoms with Crippen molar-refractivity contribution in [1.29, 1.82) is 0 Å². The standard InChI is InChI=1S/C13H11F6NO4/c1-2-24-10(22)11(23,13(17,18)19)7-3-5-8(6-4-7)20-9(21)12(14,15)16/h3-6,23H,2H2,1H3,(H,20,21)/t11-/m0/s1. The highest BCUT2D eigenvalue weighted by molar-refractivity contribution is 5.95. The number of anilines is 1. The van der Waals surface area contributed by atoms with E-state index in [4.69, 9.17) is 0 Å². The molecule has 0 aromatic heterocycles. The number of rotatable bonds is 4. The normalized spacial score (nSPS) is 14.7. The maximum absolute atomic E-state index is 13.1. The fourth-order valence-corrected chi connectivity index (χ4v) is 1.63. The van der Waals surface area contributed by atoms with Crippen molar-refractivity contribution in [2.24, 2.45) is 0 Å². The molecule has 1 rings (SSSR count). The Hall–Kier alpha value is -2.30. The molecule has 0 bridgehead atoms. The topological polar surface area (TPSA) is 75.6 Å². The Morgan fingerprint density at radius 1 is 1.08 bits per heavy atom. The highest BCUT2D eigenvalue weighted by Gasteiger charge is 2.62. The first-order valence-corrected chi connectivity index (χ1v) is 6.29. The highest BCUT2D eigenvalue weighted by Crippen LogP contribution is 2.40. The average Bonchev–Trinajstić information content (AvgIpc) is 2.45. The summed E-state index contributed by atoms with van der Waals surface area (Å²) in [6.07, 6.45) is -10.6. The summed E-state index contributed by atoms with van der Waals surface area (Å²) in [5.74, 6) is -4.31. The first kappa shape index (κ1) is 19.7. The summed E-state index contributed by atoms with van der Waals surface area (Å²) >= 11 is 0. The Morgan fingerprint density at radius 3 is 1.96 bits per heavy atom. The Morgan fingerprint density at radius 2 is 1.58 bits per heavy atom. The Bertz CT molecular complexity index is 610. The minimum atomic E-state index is -5.43. The quantitative estimate of drug-likeness (QED) is 0.640. The van der Waals surface area contributed by atoms with Gasteiger partial charge in [-0.25, -0.2) is 4.79 Å². The first-order chi connectivity index (χ1) is 10.8. The second kappa shape index (κ2) is 6.67. The summed E-state index contributed by atoms with van der Waals surface area (Å²) in [4.78, 5) is 22.2. The van der Waals surface area contributed by atoms with Crippen LogP contribution in [-0.2, 0) is 19.9 Å². The second-order valence-electron chi connectivity index (χ2n) is 4.46. The minimum Gasteiger partial charge on any atom is -0.463 e. The lowest BCUT2D eigenvalue weighted by Gasteiger charge is -2.28. The third kappa shape index (κ3) is 3.96. The molecule has 134 valence electrons. The smallest absolute Gasteiger partial charge is 0.463 e. The lowest BCUT2D eigenvalue weighted by molar-refractivity contribution is -0.267. The van der Waals surface area contributed by atoms with Crippen LogP contribution in [0.3, 0.4) is 0 Å². The zero-order valence-electron chi connectivity index (χ0n) is 12.0. The fraction of sp³-hybridized carbons (Fsp3) is 0.385. The molecule has 24 heavy (non-hydrogen) atoms. The van der Waals surface area contributed by atoms with Gasteiger partial charge < -0.3 is 15.2 Å². The number of alkyl halides is 6. The van der Waals surface area contributed by atoms with Crippen LogP contribution in [0.15, 0.2) is 24.3 Å². The van der Waals surface area contributed by atoms with Crippen LogP contribution in [0.5, 0.6) is 0 Å². The number of hydrogen-bond donors (Lipinski definition) is 2. The van der Waals surface area contributed by atoms with Gasteiger partial charge in [0.25, 0.3) is 5.60 Å². The number of aliphatic hydroxyl groups is 1. The Balaban J connectivity index is 3.16. The third-order valence-corrected chi connectivity index (χ3v) is 2.80. The lowest BCUT2D eigenvalue weighted by atomic mass is 9.93. The third-order valence-electron chi connectivity index (χ3n) is 2.80. The molecule has 0 unspecified atom stereocenters. The molecule has 5 nitrogen and oxygen atoms in total. The summed E-state index contributed by atoms with van der Waals surface area (Å²) in [6.45, 7) is 0.793. The second-order valence-corrected chi connectivity index (χ2v) is 4.46. The number of carbonyl (C=O) groups excluding carboxylic acids is 2. The molecule has 0 radical (unpaired) electrons. The molecular formula is C13H11F6NO4. The van der Waals surface area contributed by atoms with E-state index in [-0.39, 0.29) is 0 Å². The van der Waals surface area contributed by atoms with E-state index in [9.17, 15) is 41.0 Å². The monoisotopic (exact) mass is 359 g/mol. The van der Waals surface area contributed by atoms with Gasteiger partial charge in [-0.15, -0.1) is 0 Å². The fourth-order valence-electron chi connectivity index (χ4n) is 1.63. The molecule has 1 atom stereocenters. The van der Waals surface area contributed by atoms with Crippen molar-refractivity contribution >= 4 is 17.6 Å². The number of amides is 1. The van der Waals surface area contributed by atoms with Gasteiger partial charge in [-0.3, -0.25) is 4.79 Å². The van der Waals surface area contributed by atoms with Crippen LogP contribution in [0.4, 0.5) is 32.0 Å². The number of benzene rings is 1. The van der Waals surface area contributed by atoms with E-state index in [0.717, 1.165) is 0 Å². The van der Waals surface area contributed by atoms with Crippen molar-refractivity contribution in [2.75, 3.05) is 11.9 Å². The van der Waals surface area contributed by atoms with Gasteiger partial charge in [0.05, 0.1) is 6.61 Å². The van der Waals surface area contributed by atoms with Gasteiger partial charge >= 0.3 is 24.2 Å². The maximum Gasteiger partial charge on any atom is 0.471 e. The SMILES string of the molecule is CCOC(=O)[C@@](O)(c1ccc(NC(=O)C(F)(F)F)cc1)C(F)(F)F. The van der Waals surface area contributed by atoms with Crippen LogP contribution in [0.25, 0.3) is 0 Å². The van der Waals surface area contributed by atoms with E-state index in [1.54, 1.807) is 0 Å². The van der Waals surface area contributed by atoms with Crippen molar-refractivity contribution < 1.29 is 45.8 Å². The van der Waals surface area contributed by atoms with Gasteiger partial charge in [0, 0.05) is 11.3 Å². The molecule has 0 spiro atoms. The molecule has 1 aromatic rings. The first-order valence-electron chi connectivity index (χ1n) is 6.29. The Labute approximate surface area is 131 Å². The molecule has 0 aliphatic rings. The number of carbonyl (C=O) groups is 2. The van der Waals surface area contributed by atoms with E-state index in [1.165, 1.54) is 12.2 Å². The zero-order valence-corrected chi connectivity index (χ0v) is 12.0. The van der Waals surface area contributed by atoms with Crippen molar-refractivity contribution in [1.82, 2.24) is 0 Å². The van der Waals surface area contributed by atoms with E-state index in [1.807, 2.05) is 0 Å². The molecule has 0 saturated heterocycles. The maximum atomic E-state index is 13.1. The Kier molecular flexibility index (Phi) is 5.49. The van der Waals surface area contributed by atoms with Crippen LogP contribution in [0, 0.1) is 0 Å². The summed E-state index contributed by atoms with van der Waals surface area (Å²) in [7, 11) is 0. The van der Waals surface area contributed by atoms with Crippen LogP contribution in [-0.4, -0.2) is 35.9 Å². The zero-order chi connectivity index (χ0) is 18.8. The summed E-state index contributed by atoms with van der Waals surface area (Å²) in [5, 5.41) is 11.2. The van der Waals surface area contributed by atoms with Crippen LogP contribution in [0.1, 0.15) is 12.5 Å². The van der Waals surface area contributed by atoms with Gasteiger partial charge in [-0.05, 0) is 19.1 Å². The summed E-state index contributed by atoms with van der Waals surface area (Å²) in [6, 6.07) is 2.45. The van der Waals surface area contributed by atoms with Crippen molar-refractivity contribution in [3.05, 3.63) is 29.8 Å². The number of hydrogen-bond acceptors (Lipinski definition) is 4. The van der Waals surface area contributed by atoms with E-state index in [2.05, 4.69) is 4.74 Å². The van der Waals surface area contributed by atoms with Gasteiger partial charge in [0.1, 0.15) is 0 Å². The molecular weight excluding hydrogens is 348 g/mol. The molecule has 0 fully saturated rings. The molecule has 0 saturated carbocycles. The molecule has 11 heteroatoms. The number of ether oxygens (including phenoxy) is 1. The molecule has 1 aromatic carbocycles. The van der Waals surface area contributed by atoms with Crippen LogP contribution >= 0.6 is 0 Å². The molecule has 1 amide bonds. The summed E-state index contributed by atoms with van der Waals surface area (Å²) in [5.41, 5.74) is -5.44.